The predicted octanol–water partition coefficient (Wildman–Crippen LogP) is 4.98. The van der Waals surface area contributed by atoms with Crippen LogP contribution in [-0.4, -0.2) is 40.9 Å². The number of aryl methyl sites for hydroxylation is 2. The number of rotatable bonds is 4. The second kappa shape index (κ2) is 8.29. The van der Waals surface area contributed by atoms with Gasteiger partial charge in [-0.2, -0.15) is 0 Å². The molecule has 0 radical (unpaired) electrons. The number of benzene rings is 2. The lowest BCUT2D eigenvalue weighted by Crippen LogP contribution is -2.55. The Hall–Kier alpha value is -2.17. The lowest BCUT2D eigenvalue weighted by atomic mass is 10.0. The van der Waals surface area contributed by atoms with Gasteiger partial charge in [-0.15, -0.1) is 0 Å². The van der Waals surface area contributed by atoms with Gasteiger partial charge in [-0.3, -0.25) is 9.69 Å². The number of piperazine rings is 1. The van der Waals surface area contributed by atoms with Crippen LogP contribution in [0.3, 0.4) is 0 Å². The SMILES string of the molecule is Cc1cc(/C=C/C(=O)N2C3CCC2CN(Cc2ccc(F)cc2)C3)c(C)cc1Cl. The summed E-state index contributed by atoms with van der Waals surface area (Å²) in [4.78, 5) is 17.4. The van der Waals surface area contributed by atoms with Gasteiger partial charge in [0.25, 0.3) is 0 Å². The molecule has 2 aliphatic rings. The minimum atomic E-state index is -0.206. The highest BCUT2D eigenvalue weighted by Crippen LogP contribution is 2.31. The number of carbonyl (C=O) groups excluding carboxylic acids is 1. The monoisotopic (exact) mass is 412 g/mol. The second-order valence-corrected chi connectivity index (χ2v) is 8.65. The fraction of sp³-hybridized carbons (Fsp3) is 0.375. The summed E-state index contributed by atoms with van der Waals surface area (Å²) in [6, 6.07) is 11.2. The van der Waals surface area contributed by atoms with E-state index in [-0.39, 0.29) is 23.8 Å². The molecule has 3 nitrogen and oxygen atoms in total. The second-order valence-electron chi connectivity index (χ2n) is 8.24. The number of amides is 1. The minimum Gasteiger partial charge on any atom is -0.331 e. The van der Waals surface area contributed by atoms with Gasteiger partial charge in [-0.25, -0.2) is 4.39 Å². The lowest BCUT2D eigenvalue weighted by molar-refractivity contribution is -0.131. The van der Waals surface area contributed by atoms with Crippen molar-refractivity contribution in [2.24, 2.45) is 0 Å². The molecule has 2 aromatic carbocycles. The minimum absolute atomic E-state index is 0.0888. The van der Waals surface area contributed by atoms with Crippen LogP contribution in [0.25, 0.3) is 6.08 Å². The average molecular weight is 413 g/mol. The number of nitrogens with zero attached hydrogens (tertiary/aromatic N) is 2. The van der Waals surface area contributed by atoms with E-state index in [2.05, 4.69) is 9.80 Å². The van der Waals surface area contributed by atoms with Gasteiger partial charge < -0.3 is 4.90 Å². The summed E-state index contributed by atoms with van der Waals surface area (Å²) in [7, 11) is 0. The summed E-state index contributed by atoms with van der Waals surface area (Å²) in [5.41, 5.74) is 4.22. The highest BCUT2D eigenvalue weighted by molar-refractivity contribution is 6.31. The van der Waals surface area contributed by atoms with E-state index in [1.165, 1.54) is 12.1 Å². The van der Waals surface area contributed by atoms with Crippen molar-refractivity contribution in [1.29, 1.82) is 0 Å². The standard InChI is InChI=1S/C24H26ClFN2O/c1-16-12-23(25)17(2)11-19(16)5-10-24(29)28-21-8-9-22(28)15-27(14-21)13-18-3-6-20(26)7-4-18/h3-7,10-12,21-22H,8-9,13-15H2,1-2H3/b10-5+. The lowest BCUT2D eigenvalue weighted by Gasteiger charge is -2.40. The fourth-order valence-corrected chi connectivity index (χ4v) is 4.78. The van der Waals surface area contributed by atoms with Crippen molar-refractivity contribution in [1.82, 2.24) is 9.80 Å². The highest BCUT2D eigenvalue weighted by Gasteiger charge is 2.41. The Kier molecular flexibility index (Phi) is 5.75. The molecule has 1 amide bonds. The van der Waals surface area contributed by atoms with Crippen molar-refractivity contribution >= 4 is 23.6 Å². The molecule has 0 spiro atoms. The van der Waals surface area contributed by atoms with Crippen molar-refractivity contribution in [3.63, 3.8) is 0 Å². The molecule has 152 valence electrons. The molecule has 0 aliphatic carbocycles. The molecule has 2 aromatic rings. The molecule has 2 aliphatic heterocycles. The molecule has 2 unspecified atom stereocenters. The molecule has 0 N–H and O–H groups in total. The van der Waals surface area contributed by atoms with Crippen molar-refractivity contribution in [3.05, 3.63) is 75.6 Å². The van der Waals surface area contributed by atoms with Crippen LogP contribution in [-0.2, 0) is 11.3 Å². The quantitative estimate of drug-likeness (QED) is 0.661. The molecule has 0 aromatic heterocycles. The van der Waals surface area contributed by atoms with E-state index in [0.717, 1.165) is 59.8 Å². The van der Waals surface area contributed by atoms with Gasteiger partial charge in [0.15, 0.2) is 0 Å². The molecule has 2 atom stereocenters. The summed E-state index contributed by atoms with van der Waals surface area (Å²) in [6.45, 7) is 6.52. The van der Waals surface area contributed by atoms with Gasteiger partial charge in [-0.1, -0.05) is 29.8 Å². The third-order valence-electron chi connectivity index (χ3n) is 6.08. The Morgan fingerprint density at radius 2 is 1.76 bits per heavy atom. The molecule has 2 bridgehead atoms. The highest BCUT2D eigenvalue weighted by atomic mass is 35.5. The van der Waals surface area contributed by atoms with Crippen molar-refractivity contribution < 1.29 is 9.18 Å². The number of halogens is 2. The Labute approximate surface area is 176 Å². The zero-order chi connectivity index (χ0) is 20.5. The third kappa shape index (κ3) is 4.39. The largest absolute Gasteiger partial charge is 0.331 e. The Morgan fingerprint density at radius 3 is 2.41 bits per heavy atom. The number of hydrogen-bond acceptors (Lipinski definition) is 2. The summed E-state index contributed by atoms with van der Waals surface area (Å²) in [5.74, 6) is -0.118. The van der Waals surface area contributed by atoms with Gasteiger partial charge in [0.1, 0.15) is 5.82 Å². The Morgan fingerprint density at radius 1 is 1.10 bits per heavy atom. The first-order chi connectivity index (χ1) is 13.9. The van der Waals surface area contributed by atoms with Crippen LogP contribution >= 0.6 is 11.6 Å². The molecular weight excluding hydrogens is 387 g/mol. The normalized spacial score (nSPS) is 21.9. The van der Waals surface area contributed by atoms with Crippen LogP contribution in [0.4, 0.5) is 4.39 Å². The van der Waals surface area contributed by atoms with Crippen LogP contribution in [0.2, 0.25) is 5.02 Å². The van der Waals surface area contributed by atoms with Crippen LogP contribution in [0, 0.1) is 19.7 Å². The zero-order valence-corrected chi connectivity index (χ0v) is 17.6. The van der Waals surface area contributed by atoms with E-state index in [9.17, 15) is 9.18 Å². The first-order valence-electron chi connectivity index (χ1n) is 10.1. The van der Waals surface area contributed by atoms with Gasteiger partial charge in [0.05, 0.1) is 0 Å². The fourth-order valence-electron chi connectivity index (χ4n) is 4.56. The molecule has 2 fully saturated rings. The summed E-state index contributed by atoms with van der Waals surface area (Å²) in [6.07, 6.45) is 5.70. The van der Waals surface area contributed by atoms with Crippen molar-refractivity contribution in [3.8, 4) is 0 Å². The Bertz CT molecular complexity index is 927. The van der Waals surface area contributed by atoms with E-state index in [0.29, 0.717) is 0 Å². The van der Waals surface area contributed by atoms with Gasteiger partial charge in [0.2, 0.25) is 5.91 Å². The molecule has 2 heterocycles. The molecule has 4 rings (SSSR count). The first-order valence-corrected chi connectivity index (χ1v) is 10.5. The number of fused-ring (bicyclic) bond motifs is 2. The topological polar surface area (TPSA) is 23.6 Å². The molecule has 0 saturated carbocycles. The van der Waals surface area contributed by atoms with Gasteiger partial charge >= 0.3 is 0 Å². The van der Waals surface area contributed by atoms with Gasteiger partial charge in [0, 0.05) is 42.8 Å². The van der Waals surface area contributed by atoms with E-state index in [1.54, 1.807) is 6.08 Å². The number of carbonyl (C=O) groups is 1. The summed E-state index contributed by atoms with van der Waals surface area (Å²) < 4.78 is 13.1. The third-order valence-corrected chi connectivity index (χ3v) is 6.49. The van der Waals surface area contributed by atoms with E-state index >= 15 is 0 Å². The number of likely N-dealkylation sites (tertiary alicyclic amines) is 1. The van der Waals surface area contributed by atoms with E-state index in [1.807, 2.05) is 44.2 Å². The van der Waals surface area contributed by atoms with Crippen LogP contribution in [0.15, 0.2) is 42.5 Å². The average Bonchev–Trinajstić information content (AvgIpc) is 2.96. The maximum atomic E-state index is 13.1. The number of hydrogen-bond donors (Lipinski definition) is 0. The van der Waals surface area contributed by atoms with Crippen LogP contribution < -0.4 is 0 Å². The smallest absolute Gasteiger partial charge is 0.247 e. The van der Waals surface area contributed by atoms with E-state index < -0.39 is 0 Å². The molecule has 2 saturated heterocycles. The predicted molar refractivity (Wildman–Crippen MR) is 115 cm³/mol. The summed E-state index contributed by atoms with van der Waals surface area (Å²) >= 11 is 6.17. The summed E-state index contributed by atoms with van der Waals surface area (Å²) in [5, 5.41) is 0.751. The molecular formula is C24H26ClFN2O. The van der Waals surface area contributed by atoms with Crippen LogP contribution in [0.1, 0.15) is 35.1 Å². The first kappa shape index (κ1) is 20.1. The molecule has 29 heavy (non-hydrogen) atoms. The van der Waals surface area contributed by atoms with Gasteiger partial charge in [-0.05, 0) is 73.2 Å². The van der Waals surface area contributed by atoms with Crippen molar-refractivity contribution in [2.45, 2.75) is 45.3 Å². The Balaban J connectivity index is 1.42. The van der Waals surface area contributed by atoms with E-state index in [4.69, 9.17) is 11.6 Å². The maximum Gasteiger partial charge on any atom is 0.247 e. The van der Waals surface area contributed by atoms with Crippen LogP contribution in [0.5, 0.6) is 0 Å². The maximum absolute atomic E-state index is 13.1. The van der Waals surface area contributed by atoms with Crippen molar-refractivity contribution in [2.75, 3.05) is 13.1 Å². The zero-order valence-electron chi connectivity index (χ0n) is 16.9. The molecule has 5 heteroatoms.